The van der Waals surface area contributed by atoms with Crippen molar-refractivity contribution in [3.8, 4) is 6.07 Å². The maximum atomic E-state index is 9.09. The summed E-state index contributed by atoms with van der Waals surface area (Å²) in [6.45, 7) is 3.90. The molecule has 0 aliphatic heterocycles. The van der Waals surface area contributed by atoms with Gasteiger partial charge in [-0.2, -0.15) is 10.4 Å². The molecule has 0 spiro atoms. The minimum absolute atomic E-state index is 0.104. The van der Waals surface area contributed by atoms with Crippen molar-refractivity contribution in [2.45, 2.75) is 19.8 Å². The molecular formula is C16H14BrN5O. The number of nitriles is 1. The molecule has 0 unspecified atom stereocenters. The van der Waals surface area contributed by atoms with Crippen molar-refractivity contribution in [2.24, 2.45) is 5.10 Å². The zero-order valence-electron chi connectivity index (χ0n) is 12.6. The van der Waals surface area contributed by atoms with Crippen LogP contribution in [0, 0.1) is 11.3 Å². The Morgan fingerprint density at radius 3 is 3.04 bits per heavy atom. The Morgan fingerprint density at radius 1 is 1.48 bits per heavy atom. The Morgan fingerprint density at radius 2 is 2.30 bits per heavy atom. The summed E-state index contributed by atoms with van der Waals surface area (Å²) in [4.78, 5) is 7.31. The van der Waals surface area contributed by atoms with Crippen LogP contribution in [0.2, 0.25) is 0 Å². The molecule has 3 rings (SSSR count). The smallest absolute Gasteiger partial charge is 0.252 e. The number of aromatic nitrogens is 2. The molecular weight excluding hydrogens is 358 g/mol. The van der Waals surface area contributed by atoms with Gasteiger partial charge in [-0.15, -0.1) is 0 Å². The Balaban J connectivity index is 1.83. The fourth-order valence-corrected chi connectivity index (χ4v) is 2.48. The van der Waals surface area contributed by atoms with E-state index in [-0.39, 0.29) is 17.5 Å². The first-order valence-electron chi connectivity index (χ1n) is 7.05. The number of oxazole rings is 1. The molecule has 0 fully saturated rings. The predicted octanol–water partition coefficient (Wildman–Crippen LogP) is 4.36. The highest BCUT2D eigenvalue weighted by molar-refractivity contribution is 9.10. The summed E-state index contributed by atoms with van der Waals surface area (Å²) < 4.78 is 6.52. The Hall–Kier alpha value is -2.59. The van der Waals surface area contributed by atoms with Gasteiger partial charge in [-0.3, -0.25) is 0 Å². The van der Waals surface area contributed by atoms with E-state index in [1.54, 1.807) is 6.21 Å². The summed E-state index contributed by atoms with van der Waals surface area (Å²) in [7, 11) is 0. The van der Waals surface area contributed by atoms with E-state index < -0.39 is 0 Å². The molecule has 2 aromatic heterocycles. The number of fused-ring (bicyclic) bond motifs is 1. The summed E-state index contributed by atoms with van der Waals surface area (Å²) in [6, 6.07) is 7.97. The van der Waals surface area contributed by atoms with E-state index in [4.69, 9.17) is 9.68 Å². The van der Waals surface area contributed by atoms with Crippen LogP contribution in [-0.4, -0.2) is 16.2 Å². The summed E-state index contributed by atoms with van der Waals surface area (Å²) in [5, 5.41) is 14.3. The molecule has 1 aromatic carbocycles. The molecule has 2 N–H and O–H groups in total. The lowest BCUT2D eigenvalue weighted by molar-refractivity contribution is 0.481. The largest absolute Gasteiger partial charge is 0.422 e. The summed E-state index contributed by atoms with van der Waals surface area (Å²) in [5.74, 6) is 0.872. The monoisotopic (exact) mass is 371 g/mol. The van der Waals surface area contributed by atoms with Crippen molar-refractivity contribution in [2.75, 3.05) is 5.43 Å². The highest BCUT2D eigenvalue weighted by atomic mass is 79.9. The lowest BCUT2D eigenvalue weighted by Crippen LogP contribution is -1.91. The van der Waals surface area contributed by atoms with Crippen LogP contribution in [0.3, 0.4) is 0 Å². The van der Waals surface area contributed by atoms with Crippen molar-refractivity contribution < 1.29 is 4.42 Å². The zero-order valence-corrected chi connectivity index (χ0v) is 14.2. The number of hydrogen-bond acceptors (Lipinski definition) is 5. The highest BCUT2D eigenvalue weighted by Crippen LogP contribution is 2.23. The minimum Gasteiger partial charge on any atom is -0.422 e. The van der Waals surface area contributed by atoms with E-state index in [9.17, 15) is 0 Å². The topological polar surface area (TPSA) is 90.0 Å². The Bertz CT molecular complexity index is 916. The van der Waals surface area contributed by atoms with E-state index in [0.29, 0.717) is 5.89 Å². The molecule has 0 radical (unpaired) electrons. The van der Waals surface area contributed by atoms with Crippen LogP contribution >= 0.6 is 15.9 Å². The zero-order chi connectivity index (χ0) is 16.4. The third-order valence-corrected chi connectivity index (χ3v) is 3.78. The average Bonchev–Trinajstić information content (AvgIpc) is 3.11. The lowest BCUT2D eigenvalue weighted by Gasteiger charge is -1.97. The van der Waals surface area contributed by atoms with Crippen LogP contribution < -0.4 is 5.43 Å². The fraction of sp³-hybridized carbons (Fsp3) is 0.188. The lowest BCUT2D eigenvalue weighted by atomic mass is 10.2. The molecule has 116 valence electrons. The van der Waals surface area contributed by atoms with Crippen LogP contribution in [0.1, 0.15) is 36.9 Å². The number of benzene rings is 1. The highest BCUT2D eigenvalue weighted by Gasteiger charge is 2.14. The number of halogens is 1. The molecule has 0 amide bonds. The molecule has 0 bridgehead atoms. The molecule has 3 aromatic rings. The van der Waals surface area contributed by atoms with E-state index in [2.05, 4.69) is 36.4 Å². The van der Waals surface area contributed by atoms with Gasteiger partial charge in [0.25, 0.3) is 5.88 Å². The van der Waals surface area contributed by atoms with Gasteiger partial charge in [0.05, 0.1) is 6.21 Å². The second-order valence-electron chi connectivity index (χ2n) is 5.30. The molecule has 0 aliphatic carbocycles. The van der Waals surface area contributed by atoms with Gasteiger partial charge < -0.3 is 9.40 Å². The van der Waals surface area contributed by atoms with Gasteiger partial charge in [0, 0.05) is 33.1 Å². The fourth-order valence-electron chi connectivity index (χ4n) is 2.12. The quantitative estimate of drug-likeness (QED) is 0.526. The molecule has 23 heavy (non-hydrogen) atoms. The van der Waals surface area contributed by atoms with Gasteiger partial charge in [-0.05, 0) is 18.2 Å². The van der Waals surface area contributed by atoms with Gasteiger partial charge in [-0.1, -0.05) is 29.8 Å². The molecule has 6 nitrogen and oxygen atoms in total. The molecule has 0 saturated heterocycles. The summed E-state index contributed by atoms with van der Waals surface area (Å²) in [6.07, 6.45) is 3.54. The number of aromatic amines is 1. The summed E-state index contributed by atoms with van der Waals surface area (Å²) in [5.41, 5.74) is 4.90. The molecule has 2 heterocycles. The van der Waals surface area contributed by atoms with Crippen molar-refractivity contribution in [1.29, 1.82) is 5.26 Å². The Labute approximate surface area is 141 Å². The first-order chi connectivity index (χ1) is 11.1. The second kappa shape index (κ2) is 6.26. The standard InChI is InChI=1S/C16H14BrN5O/c1-9(2)15-21-14(6-18)16(23-15)22-20-8-10-7-19-13-4-3-11(17)5-12(10)13/h3-5,7-9,19,22H,1-2H3. The number of hydrogen-bond donors (Lipinski definition) is 2. The van der Waals surface area contributed by atoms with Crippen molar-refractivity contribution in [1.82, 2.24) is 9.97 Å². The van der Waals surface area contributed by atoms with Gasteiger partial charge >= 0.3 is 0 Å². The summed E-state index contributed by atoms with van der Waals surface area (Å²) >= 11 is 3.46. The third kappa shape index (κ3) is 3.12. The number of nitrogens with zero attached hydrogens (tertiary/aromatic N) is 3. The van der Waals surface area contributed by atoms with Crippen LogP contribution in [0.25, 0.3) is 10.9 Å². The molecule has 0 aliphatic rings. The number of H-pyrrole nitrogens is 1. The van der Waals surface area contributed by atoms with Crippen LogP contribution in [-0.2, 0) is 0 Å². The van der Waals surface area contributed by atoms with Gasteiger partial charge in [0.15, 0.2) is 0 Å². The van der Waals surface area contributed by atoms with Crippen LogP contribution in [0.15, 0.2) is 38.4 Å². The molecule has 0 saturated carbocycles. The molecule has 0 atom stereocenters. The van der Waals surface area contributed by atoms with Crippen molar-refractivity contribution in [3.63, 3.8) is 0 Å². The maximum Gasteiger partial charge on any atom is 0.252 e. The van der Waals surface area contributed by atoms with E-state index in [1.807, 2.05) is 44.3 Å². The normalized spacial score (nSPS) is 11.4. The maximum absolute atomic E-state index is 9.09. The van der Waals surface area contributed by atoms with Gasteiger partial charge in [-0.25, -0.2) is 10.4 Å². The van der Waals surface area contributed by atoms with E-state index in [0.717, 1.165) is 20.9 Å². The van der Waals surface area contributed by atoms with E-state index in [1.165, 1.54) is 0 Å². The van der Waals surface area contributed by atoms with Crippen molar-refractivity contribution in [3.05, 3.63) is 46.0 Å². The number of rotatable bonds is 4. The average molecular weight is 372 g/mol. The predicted molar refractivity (Wildman–Crippen MR) is 92.5 cm³/mol. The first-order valence-corrected chi connectivity index (χ1v) is 7.84. The SMILES string of the molecule is CC(C)c1nc(C#N)c(NN=Cc2c[nH]c3ccc(Br)cc23)o1. The van der Waals surface area contributed by atoms with Crippen molar-refractivity contribution >= 4 is 38.9 Å². The second-order valence-corrected chi connectivity index (χ2v) is 6.22. The number of anilines is 1. The third-order valence-electron chi connectivity index (χ3n) is 3.29. The van der Waals surface area contributed by atoms with Gasteiger partial charge in [0.2, 0.25) is 11.6 Å². The Kier molecular flexibility index (Phi) is 4.17. The van der Waals surface area contributed by atoms with Crippen LogP contribution in [0.5, 0.6) is 0 Å². The molecule has 7 heteroatoms. The first kappa shape index (κ1) is 15.3. The minimum atomic E-state index is 0.104. The number of nitrogens with one attached hydrogen (secondary N) is 2. The van der Waals surface area contributed by atoms with Crippen LogP contribution in [0.4, 0.5) is 5.88 Å². The van der Waals surface area contributed by atoms with E-state index >= 15 is 0 Å². The van der Waals surface area contributed by atoms with Gasteiger partial charge in [0.1, 0.15) is 6.07 Å². The number of hydrazone groups is 1.